The van der Waals surface area contributed by atoms with Gasteiger partial charge in [0.25, 0.3) is 0 Å². The van der Waals surface area contributed by atoms with E-state index in [1.165, 1.54) is 41.2 Å². The zero-order chi connectivity index (χ0) is 30.2. The number of aryl methyl sites for hydroxylation is 1. The number of para-hydroxylation sites is 1. The van der Waals surface area contributed by atoms with Gasteiger partial charge in [-0.2, -0.15) is 5.10 Å². The van der Waals surface area contributed by atoms with Gasteiger partial charge in [0.05, 0.1) is 35.4 Å². The molecule has 218 valence electrons. The molecule has 0 fully saturated rings. The lowest BCUT2D eigenvalue weighted by atomic mass is 10.1. The lowest BCUT2D eigenvalue weighted by molar-refractivity contribution is 0.103. The summed E-state index contributed by atoms with van der Waals surface area (Å²) in [4.78, 5) is 16.3. The molecular weight excluding hydrogens is 566 g/mol. The number of halogens is 2. The number of aromatic nitrogens is 3. The van der Waals surface area contributed by atoms with Crippen LogP contribution in [-0.2, 0) is 11.2 Å². The third kappa shape index (κ3) is 5.88. The van der Waals surface area contributed by atoms with E-state index in [2.05, 4.69) is 19.5 Å². The Balaban J connectivity index is 1.37. The summed E-state index contributed by atoms with van der Waals surface area (Å²) < 4.78 is 53.4. The molecule has 0 saturated heterocycles. The number of H-pyrrole nitrogens is 1. The molecule has 42 heavy (non-hydrogen) atoms. The second-order valence-corrected chi connectivity index (χ2v) is 11.2. The number of aliphatic hydroxyl groups excluding tert-OH is 1. The minimum atomic E-state index is -1.89. The molecule has 2 aromatic heterocycles. The molecule has 0 aliphatic heterocycles. The number of nitrogens with one attached hydrogen (secondary N) is 3. The Labute approximate surface area is 242 Å². The summed E-state index contributed by atoms with van der Waals surface area (Å²) in [5.74, 6) is -1.03. The van der Waals surface area contributed by atoms with Crippen molar-refractivity contribution in [2.75, 3.05) is 17.1 Å². The van der Waals surface area contributed by atoms with Gasteiger partial charge in [-0.1, -0.05) is 12.1 Å². The predicted molar refractivity (Wildman–Crippen MR) is 157 cm³/mol. The van der Waals surface area contributed by atoms with Crippen LogP contribution in [0.2, 0.25) is 0 Å². The van der Waals surface area contributed by atoms with Gasteiger partial charge in [0.1, 0.15) is 17.4 Å². The fourth-order valence-electron chi connectivity index (χ4n) is 4.22. The van der Waals surface area contributed by atoms with Crippen molar-refractivity contribution in [3.05, 3.63) is 95.3 Å². The molecule has 1 unspecified atom stereocenters. The Morgan fingerprint density at radius 3 is 2.62 bits per heavy atom. The molecule has 0 amide bonds. The molecule has 0 spiro atoms. The van der Waals surface area contributed by atoms with E-state index in [4.69, 9.17) is 10.5 Å². The molecule has 3 aromatic carbocycles. The fraction of sp³-hybridized carbons (Fsp3) is 0.172. The van der Waals surface area contributed by atoms with Gasteiger partial charge in [0, 0.05) is 16.4 Å². The van der Waals surface area contributed by atoms with Gasteiger partial charge in [-0.05, 0) is 74.9 Å². The van der Waals surface area contributed by atoms with Gasteiger partial charge in [-0.15, -0.1) is 0 Å². The summed E-state index contributed by atoms with van der Waals surface area (Å²) >= 11 is -1.89. The normalized spacial score (nSPS) is 12.4. The van der Waals surface area contributed by atoms with Crippen LogP contribution in [0, 0.1) is 18.6 Å². The Bertz CT molecular complexity index is 1830. The summed E-state index contributed by atoms with van der Waals surface area (Å²) in [6, 6.07) is 15.2. The zero-order valence-electron chi connectivity index (χ0n) is 22.9. The van der Waals surface area contributed by atoms with E-state index < -0.39 is 34.1 Å². The smallest absolute Gasteiger partial charge is 0.214 e. The molecule has 6 N–H and O–H groups in total. The van der Waals surface area contributed by atoms with Crippen LogP contribution in [-0.4, -0.2) is 42.0 Å². The Morgan fingerprint density at radius 2 is 1.90 bits per heavy atom. The molecule has 2 heterocycles. The highest BCUT2D eigenvalue weighted by Gasteiger charge is 2.22. The maximum Gasteiger partial charge on any atom is 0.214 e. The van der Waals surface area contributed by atoms with E-state index in [0.717, 1.165) is 0 Å². The highest BCUT2D eigenvalue weighted by Crippen LogP contribution is 2.30. The van der Waals surface area contributed by atoms with E-state index in [1.54, 1.807) is 51.1 Å². The van der Waals surface area contributed by atoms with Crippen LogP contribution in [0.3, 0.4) is 0 Å². The van der Waals surface area contributed by atoms with Crippen molar-refractivity contribution in [2.45, 2.75) is 26.3 Å². The number of aromatic amines is 1. The number of rotatable bonds is 10. The van der Waals surface area contributed by atoms with Crippen molar-refractivity contribution < 1.29 is 27.6 Å². The molecule has 0 saturated carbocycles. The van der Waals surface area contributed by atoms with E-state index in [0.29, 0.717) is 27.9 Å². The van der Waals surface area contributed by atoms with Crippen LogP contribution in [0.1, 0.15) is 35.5 Å². The first-order valence-corrected chi connectivity index (χ1v) is 13.9. The molecule has 1 atom stereocenters. The monoisotopic (exact) mass is 594 g/mol. The van der Waals surface area contributed by atoms with Crippen LogP contribution in [0.4, 0.5) is 20.3 Å². The first-order chi connectivity index (χ1) is 20.0. The molecule has 0 bridgehead atoms. The minimum Gasteiger partial charge on any atom is -0.454 e. The fourth-order valence-corrected chi connectivity index (χ4v) is 5.19. The van der Waals surface area contributed by atoms with Gasteiger partial charge in [0.15, 0.2) is 22.7 Å². The number of ketones is 1. The number of nitrogens with two attached hydrogens (primary N) is 1. The number of nitrogens with zero attached hydrogens (tertiary/aromatic N) is 2. The quantitative estimate of drug-likeness (QED) is 0.145. The number of anilines is 2. The van der Waals surface area contributed by atoms with E-state index in [-0.39, 0.29) is 35.1 Å². The summed E-state index contributed by atoms with van der Waals surface area (Å²) in [6.45, 7) is 4.81. The molecule has 0 radical (unpaired) electrons. The second-order valence-electron chi connectivity index (χ2n) is 10.3. The summed E-state index contributed by atoms with van der Waals surface area (Å²) in [5, 5.41) is 14.1. The number of carbonyl (C=O) groups excluding carboxylic acids is 1. The summed E-state index contributed by atoms with van der Waals surface area (Å²) in [5.41, 5.74) is 7.43. The zero-order valence-corrected chi connectivity index (χ0v) is 23.7. The number of carbonyl (C=O) groups is 1. The largest absolute Gasteiger partial charge is 0.454 e. The second kappa shape index (κ2) is 11.4. The van der Waals surface area contributed by atoms with Gasteiger partial charge < -0.3 is 20.6 Å². The van der Waals surface area contributed by atoms with Gasteiger partial charge in [0.2, 0.25) is 5.78 Å². The highest BCUT2D eigenvalue weighted by molar-refractivity contribution is 7.84. The first-order valence-electron chi connectivity index (χ1n) is 12.8. The molecule has 0 aliphatic carbocycles. The van der Waals surface area contributed by atoms with Crippen molar-refractivity contribution in [1.29, 1.82) is 0 Å². The lowest BCUT2D eigenvalue weighted by Crippen LogP contribution is -2.45. The summed E-state index contributed by atoms with van der Waals surface area (Å²) in [7, 11) is 0. The molecular formula is C29H28F2N6O4S. The van der Waals surface area contributed by atoms with Crippen molar-refractivity contribution in [2.24, 2.45) is 0 Å². The Hall–Kier alpha value is -4.59. The van der Waals surface area contributed by atoms with Crippen LogP contribution < -0.4 is 19.9 Å². The molecule has 0 aliphatic rings. The average Bonchev–Trinajstić information content (AvgIpc) is 3.52. The maximum absolute atomic E-state index is 14.8. The maximum atomic E-state index is 14.8. The van der Waals surface area contributed by atoms with Crippen molar-refractivity contribution >= 4 is 39.4 Å². The van der Waals surface area contributed by atoms with Crippen molar-refractivity contribution in [1.82, 2.24) is 19.5 Å². The minimum absolute atomic E-state index is 0.0619. The lowest BCUT2D eigenvalue weighted by Gasteiger charge is -2.22. The molecule has 5 rings (SSSR count). The number of hydrogen-bond donors (Lipinski definition) is 5. The molecule has 5 aromatic rings. The van der Waals surface area contributed by atoms with E-state index in [1.807, 2.05) is 0 Å². The van der Waals surface area contributed by atoms with Gasteiger partial charge in [-0.3, -0.25) is 9.52 Å². The van der Waals surface area contributed by atoms with Crippen LogP contribution >= 0.6 is 0 Å². The summed E-state index contributed by atoms with van der Waals surface area (Å²) in [6.07, 6.45) is 1.34. The van der Waals surface area contributed by atoms with E-state index in [9.17, 15) is 22.9 Å². The number of aliphatic hydroxyl groups is 1. The topological polar surface area (TPSA) is 147 Å². The standard InChI is InChI=1S/C29H28F2N6O4S/c1-16-10-18(41-26-7-5-4-6-20(26)30)8-9-25(16)37-28(32)19(14-33-37)27(39)24-12-17-11-21(31)23(13-22(17)34-24)35-42(40)36-29(2,3)15-38/h4-14,34-36,38H,15,32H2,1-3H3. The van der Waals surface area contributed by atoms with Crippen LogP contribution in [0.15, 0.2) is 66.9 Å². The number of fused-ring (bicyclic) bond motifs is 1. The Kier molecular flexibility index (Phi) is 7.82. The predicted octanol–water partition coefficient (Wildman–Crippen LogP) is 4.90. The van der Waals surface area contributed by atoms with Crippen LogP contribution in [0.25, 0.3) is 16.6 Å². The molecule has 10 nitrogen and oxygen atoms in total. The van der Waals surface area contributed by atoms with Gasteiger partial charge in [-0.25, -0.2) is 22.4 Å². The number of ether oxygens (including phenoxy) is 1. The Morgan fingerprint density at radius 1 is 1.14 bits per heavy atom. The number of benzene rings is 3. The number of hydrogen-bond acceptors (Lipinski definition) is 6. The average molecular weight is 595 g/mol. The van der Waals surface area contributed by atoms with Crippen LogP contribution in [0.5, 0.6) is 11.5 Å². The highest BCUT2D eigenvalue weighted by atomic mass is 32.2. The SMILES string of the molecule is Cc1cc(Oc2ccccc2F)ccc1-n1ncc(C(=O)c2cc3cc(F)c(NS(=O)NC(C)(C)CO)cc3[nH]2)c1N. The first kappa shape index (κ1) is 28.9. The van der Waals surface area contributed by atoms with Crippen molar-refractivity contribution in [3.8, 4) is 17.2 Å². The third-order valence-electron chi connectivity index (χ3n) is 6.43. The third-order valence-corrected chi connectivity index (χ3v) is 7.58. The molecule has 13 heteroatoms. The van der Waals surface area contributed by atoms with E-state index >= 15 is 0 Å². The van der Waals surface area contributed by atoms with Crippen molar-refractivity contribution in [3.63, 3.8) is 0 Å². The van der Waals surface area contributed by atoms with Gasteiger partial charge >= 0.3 is 0 Å². The number of nitrogen functional groups attached to an aromatic ring is 1.